The van der Waals surface area contributed by atoms with Gasteiger partial charge in [0, 0.05) is 12.2 Å². The van der Waals surface area contributed by atoms with Gasteiger partial charge in [-0.2, -0.15) is 0 Å². The highest BCUT2D eigenvalue weighted by molar-refractivity contribution is 6.34. The third-order valence-electron chi connectivity index (χ3n) is 3.80. The summed E-state index contributed by atoms with van der Waals surface area (Å²) in [4.78, 5) is 12.0. The lowest BCUT2D eigenvalue weighted by Gasteiger charge is -2.21. The smallest absolute Gasteiger partial charge is 0.252 e. The van der Waals surface area contributed by atoms with Crippen molar-refractivity contribution in [3.8, 4) is 0 Å². The maximum Gasteiger partial charge on any atom is 0.252 e. The molecule has 1 aromatic rings. The summed E-state index contributed by atoms with van der Waals surface area (Å²) in [6, 6.07) is 4.98. The fraction of sp³-hybridized carbons (Fsp3) is 0.533. The Hall–Kier alpha value is -1.22. The number of rotatable bonds is 4. The summed E-state index contributed by atoms with van der Waals surface area (Å²) >= 11 is 6.00. The van der Waals surface area contributed by atoms with Gasteiger partial charge in [-0.15, -0.1) is 0 Å². The van der Waals surface area contributed by atoms with E-state index < -0.39 is 0 Å². The van der Waals surface area contributed by atoms with Gasteiger partial charge in [0.15, 0.2) is 0 Å². The number of nitrogens with two attached hydrogens (primary N) is 1. The van der Waals surface area contributed by atoms with E-state index in [-0.39, 0.29) is 5.91 Å². The van der Waals surface area contributed by atoms with Crippen LogP contribution in [0.2, 0.25) is 5.02 Å². The van der Waals surface area contributed by atoms with Crippen LogP contribution in [-0.2, 0) is 0 Å². The topological polar surface area (TPSA) is 55.1 Å². The second-order valence-corrected chi connectivity index (χ2v) is 5.70. The van der Waals surface area contributed by atoms with E-state index in [1.165, 1.54) is 32.1 Å². The van der Waals surface area contributed by atoms with Crippen molar-refractivity contribution in [3.63, 3.8) is 0 Å². The van der Waals surface area contributed by atoms with E-state index in [4.69, 9.17) is 17.3 Å². The van der Waals surface area contributed by atoms with Gasteiger partial charge in [-0.3, -0.25) is 4.79 Å². The standard InChI is InChI=1S/C15H21ClN2O/c16-14-7-6-12(17)10-13(14)15(19)18-9-8-11-4-2-1-3-5-11/h6-7,10-11H,1-5,8-9,17H2,(H,18,19). The van der Waals surface area contributed by atoms with Gasteiger partial charge in [-0.1, -0.05) is 43.7 Å². The van der Waals surface area contributed by atoms with Crippen LogP contribution in [0.1, 0.15) is 48.9 Å². The molecule has 1 fully saturated rings. The molecule has 0 spiro atoms. The highest BCUT2D eigenvalue weighted by atomic mass is 35.5. The van der Waals surface area contributed by atoms with Crippen molar-refractivity contribution in [2.24, 2.45) is 5.92 Å². The van der Waals surface area contributed by atoms with E-state index in [1.807, 2.05) is 0 Å². The number of nitrogen functional groups attached to an aromatic ring is 1. The number of hydrogen-bond acceptors (Lipinski definition) is 2. The number of amides is 1. The second-order valence-electron chi connectivity index (χ2n) is 5.29. The molecule has 3 nitrogen and oxygen atoms in total. The van der Waals surface area contributed by atoms with Crippen molar-refractivity contribution in [2.75, 3.05) is 12.3 Å². The first-order valence-corrected chi connectivity index (χ1v) is 7.38. The molecule has 0 atom stereocenters. The second kappa shape index (κ2) is 6.80. The summed E-state index contributed by atoms with van der Waals surface area (Å²) < 4.78 is 0. The molecule has 0 bridgehead atoms. The molecule has 0 saturated heterocycles. The van der Waals surface area contributed by atoms with Crippen LogP contribution in [0.3, 0.4) is 0 Å². The normalized spacial score (nSPS) is 16.3. The molecule has 104 valence electrons. The van der Waals surface area contributed by atoms with Gasteiger partial charge in [0.1, 0.15) is 0 Å². The van der Waals surface area contributed by atoms with Crippen LogP contribution in [0.15, 0.2) is 18.2 Å². The fourth-order valence-corrected chi connectivity index (χ4v) is 2.88. The Bertz CT molecular complexity index is 442. The zero-order valence-corrected chi connectivity index (χ0v) is 11.9. The zero-order chi connectivity index (χ0) is 13.7. The zero-order valence-electron chi connectivity index (χ0n) is 11.1. The fourth-order valence-electron chi connectivity index (χ4n) is 2.68. The van der Waals surface area contributed by atoms with Crippen molar-refractivity contribution in [1.29, 1.82) is 0 Å². The Balaban J connectivity index is 1.82. The Morgan fingerprint density at radius 2 is 2.05 bits per heavy atom. The van der Waals surface area contributed by atoms with Crippen LogP contribution in [0.4, 0.5) is 5.69 Å². The highest BCUT2D eigenvalue weighted by Crippen LogP contribution is 2.26. The maximum absolute atomic E-state index is 12.0. The van der Waals surface area contributed by atoms with Crippen LogP contribution in [0.5, 0.6) is 0 Å². The molecular formula is C15H21ClN2O. The number of hydrogen-bond donors (Lipinski definition) is 2. The first kappa shape index (κ1) is 14.2. The van der Waals surface area contributed by atoms with Crippen LogP contribution >= 0.6 is 11.6 Å². The van der Waals surface area contributed by atoms with Gasteiger partial charge in [0.05, 0.1) is 10.6 Å². The lowest BCUT2D eigenvalue weighted by molar-refractivity contribution is 0.0950. The van der Waals surface area contributed by atoms with Gasteiger partial charge in [0.25, 0.3) is 5.91 Å². The van der Waals surface area contributed by atoms with E-state index in [0.717, 1.165) is 12.3 Å². The predicted octanol–water partition coefficient (Wildman–Crippen LogP) is 3.62. The molecule has 3 N–H and O–H groups in total. The summed E-state index contributed by atoms with van der Waals surface area (Å²) in [5, 5.41) is 3.38. The lowest BCUT2D eigenvalue weighted by atomic mass is 9.87. The number of anilines is 1. The quantitative estimate of drug-likeness (QED) is 0.828. The highest BCUT2D eigenvalue weighted by Gasteiger charge is 2.14. The minimum Gasteiger partial charge on any atom is -0.399 e. The first-order chi connectivity index (χ1) is 9.16. The molecule has 0 unspecified atom stereocenters. The lowest BCUT2D eigenvalue weighted by Crippen LogP contribution is -2.26. The van der Waals surface area contributed by atoms with E-state index in [2.05, 4.69) is 5.32 Å². The average Bonchev–Trinajstić information content (AvgIpc) is 2.42. The van der Waals surface area contributed by atoms with Crippen molar-refractivity contribution in [1.82, 2.24) is 5.32 Å². The minimum absolute atomic E-state index is 0.131. The summed E-state index contributed by atoms with van der Waals surface area (Å²) in [6.07, 6.45) is 7.69. The van der Waals surface area contributed by atoms with E-state index in [9.17, 15) is 4.79 Å². The largest absolute Gasteiger partial charge is 0.399 e. The van der Waals surface area contributed by atoms with Crippen molar-refractivity contribution < 1.29 is 4.79 Å². The number of benzene rings is 1. The van der Waals surface area contributed by atoms with Crippen LogP contribution < -0.4 is 11.1 Å². The van der Waals surface area contributed by atoms with E-state index in [1.54, 1.807) is 18.2 Å². The Morgan fingerprint density at radius 1 is 1.32 bits per heavy atom. The molecule has 1 saturated carbocycles. The molecule has 4 heteroatoms. The summed E-state index contributed by atoms with van der Waals surface area (Å²) in [7, 11) is 0. The van der Waals surface area contributed by atoms with E-state index in [0.29, 0.717) is 22.8 Å². The molecule has 19 heavy (non-hydrogen) atoms. The molecule has 0 heterocycles. The van der Waals surface area contributed by atoms with Gasteiger partial charge >= 0.3 is 0 Å². The number of nitrogens with one attached hydrogen (secondary N) is 1. The molecule has 1 aromatic carbocycles. The van der Waals surface area contributed by atoms with Gasteiger partial charge in [-0.05, 0) is 30.5 Å². The summed E-state index contributed by atoms with van der Waals surface area (Å²) in [5.74, 6) is 0.637. The van der Waals surface area contributed by atoms with Crippen molar-refractivity contribution in [2.45, 2.75) is 38.5 Å². The SMILES string of the molecule is Nc1ccc(Cl)c(C(=O)NCCC2CCCCC2)c1. The van der Waals surface area contributed by atoms with Gasteiger partial charge in [0.2, 0.25) is 0 Å². The molecule has 0 aromatic heterocycles. The van der Waals surface area contributed by atoms with Crippen LogP contribution in [0, 0.1) is 5.92 Å². The maximum atomic E-state index is 12.0. The third-order valence-corrected chi connectivity index (χ3v) is 4.13. The average molecular weight is 281 g/mol. The number of carbonyl (C=O) groups is 1. The third kappa shape index (κ3) is 4.13. The first-order valence-electron chi connectivity index (χ1n) is 7.00. The summed E-state index contributed by atoms with van der Waals surface area (Å²) in [6.45, 7) is 0.717. The Labute approximate surface area is 119 Å². The molecule has 0 aliphatic heterocycles. The molecule has 0 radical (unpaired) electrons. The Morgan fingerprint density at radius 3 is 2.79 bits per heavy atom. The molecule has 1 amide bonds. The monoisotopic (exact) mass is 280 g/mol. The molecule has 1 aliphatic carbocycles. The predicted molar refractivity (Wildman–Crippen MR) is 79.4 cm³/mol. The van der Waals surface area contributed by atoms with E-state index >= 15 is 0 Å². The minimum atomic E-state index is -0.131. The number of carbonyl (C=O) groups excluding carboxylic acids is 1. The Kier molecular flexibility index (Phi) is 5.08. The van der Waals surface area contributed by atoms with Gasteiger partial charge in [-0.25, -0.2) is 0 Å². The van der Waals surface area contributed by atoms with Gasteiger partial charge < -0.3 is 11.1 Å². The van der Waals surface area contributed by atoms with Crippen molar-refractivity contribution in [3.05, 3.63) is 28.8 Å². The molecule has 1 aliphatic rings. The van der Waals surface area contributed by atoms with Crippen LogP contribution in [0.25, 0.3) is 0 Å². The molecular weight excluding hydrogens is 260 g/mol. The van der Waals surface area contributed by atoms with Crippen molar-refractivity contribution >= 4 is 23.2 Å². The number of halogens is 1. The van der Waals surface area contributed by atoms with Crippen LogP contribution in [-0.4, -0.2) is 12.5 Å². The molecule has 2 rings (SSSR count). The summed E-state index contributed by atoms with van der Waals surface area (Å²) in [5.41, 5.74) is 6.69.